The second-order valence-electron chi connectivity index (χ2n) is 4.87. The first-order chi connectivity index (χ1) is 11.1. The van der Waals surface area contributed by atoms with Gasteiger partial charge in [-0.3, -0.25) is 4.99 Å². The van der Waals surface area contributed by atoms with Crippen LogP contribution in [0.4, 0.5) is 0 Å². The molecule has 23 heavy (non-hydrogen) atoms. The molecule has 0 bridgehead atoms. The minimum Gasteiger partial charge on any atom is -0.257 e. The number of nitrogens with zero attached hydrogens (tertiary/aromatic N) is 1. The van der Waals surface area contributed by atoms with Crippen molar-refractivity contribution >= 4 is 6.21 Å². The van der Waals surface area contributed by atoms with Gasteiger partial charge in [-0.15, -0.1) is 0 Å². The molecule has 0 unspecified atom stereocenters. The summed E-state index contributed by atoms with van der Waals surface area (Å²) in [5, 5.41) is 0. The zero-order valence-corrected chi connectivity index (χ0v) is 14.7. The van der Waals surface area contributed by atoms with Crippen LogP contribution in [0.3, 0.4) is 0 Å². The van der Waals surface area contributed by atoms with E-state index < -0.39 is 0 Å². The van der Waals surface area contributed by atoms with E-state index in [0.29, 0.717) is 0 Å². The molecular formula is C22H29N. The molecule has 122 valence electrons. The van der Waals surface area contributed by atoms with Crippen LogP contribution in [-0.2, 0) is 0 Å². The average Bonchev–Trinajstić information content (AvgIpc) is 2.55. The molecule has 0 fully saturated rings. The topological polar surface area (TPSA) is 12.4 Å². The maximum Gasteiger partial charge on any atom is 0.0632 e. The molecule has 0 atom stereocenters. The van der Waals surface area contributed by atoms with Gasteiger partial charge in [-0.05, 0) is 43.6 Å². The number of hydrogen-bond donors (Lipinski definition) is 0. The molecule has 1 heteroatoms. The lowest BCUT2D eigenvalue weighted by molar-refractivity contribution is 1.15. The zero-order chi connectivity index (χ0) is 17.3. The Labute approximate surface area is 142 Å². The SMILES string of the molecule is C=C(/C=C\C=C/CC)\C=C/C(=C\C(=C)CC)/N=C\C=C/C=C\C. The summed E-state index contributed by atoms with van der Waals surface area (Å²) < 4.78 is 0. The second-order valence-corrected chi connectivity index (χ2v) is 4.87. The van der Waals surface area contributed by atoms with E-state index in [-0.39, 0.29) is 0 Å². The van der Waals surface area contributed by atoms with Crippen LogP contribution >= 0.6 is 0 Å². The molecule has 0 heterocycles. The summed E-state index contributed by atoms with van der Waals surface area (Å²) in [4.78, 5) is 4.45. The molecule has 0 aromatic carbocycles. The highest BCUT2D eigenvalue weighted by Gasteiger charge is 1.90. The Morgan fingerprint density at radius 1 is 0.913 bits per heavy atom. The number of aliphatic imine (C=N–C) groups is 1. The van der Waals surface area contributed by atoms with Gasteiger partial charge in [-0.1, -0.05) is 81.2 Å². The van der Waals surface area contributed by atoms with Gasteiger partial charge in [-0.2, -0.15) is 0 Å². The first kappa shape index (κ1) is 20.6. The van der Waals surface area contributed by atoms with Gasteiger partial charge in [0.2, 0.25) is 0 Å². The highest BCUT2D eigenvalue weighted by Crippen LogP contribution is 2.09. The maximum atomic E-state index is 4.45. The van der Waals surface area contributed by atoms with Gasteiger partial charge in [0, 0.05) is 6.21 Å². The van der Waals surface area contributed by atoms with Gasteiger partial charge in [0.1, 0.15) is 0 Å². The Kier molecular flexibility index (Phi) is 13.0. The van der Waals surface area contributed by atoms with Gasteiger partial charge in [-0.25, -0.2) is 0 Å². The van der Waals surface area contributed by atoms with Crippen LogP contribution in [0.25, 0.3) is 0 Å². The smallest absolute Gasteiger partial charge is 0.0632 e. The predicted octanol–water partition coefficient (Wildman–Crippen LogP) is 6.67. The van der Waals surface area contributed by atoms with Crippen LogP contribution in [0.2, 0.25) is 0 Å². The largest absolute Gasteiger partial charge is 0.257 e. The van der Waals surface area contributed by atoms with Crippen molar-refractivity contribution < 1.29 is 0 Å². The summed E-state index contributed by atoms with van der Waals surface area (Å²) in [5.41, 5.74) is 2.84. The molecule has 0 amide bonds. The minimum absolute atomic E-state index is 0.862. The van der Waals surface area contributed by atoms with Crippen molar-refractivity contribution in [2.75, 3.05) is 0 Å². The standard InChI is InChI=1S/C22H29N/c1-6-9-11-13-15-21(5)16-17-22(19-20(4)8-3)23-18-14-12-10-7-2/h7,9-19H,4-6,8H2,1-3H3/b10-7-,11-9-,14-12-,15-13-,17-16-,22-19+,23-18-. The minimum atomic E-state index is 0.862. The fourth-order valence-corrected chi connectivity index (χ4v) is 1.44. The highest BCUT2D eigenvalue weighted by atomic mass is 14.7. The monoisotopic (exact) mass is 307 g/mol. The van der Waals surface area contributed by atoms with Crippen molar-refractivity contribution in [3.05, 3.63) is 96.8 Å². The Bertz CT molecular complexity index is 561. The summed E-state index contributed by atoms with van der Waals surface area (Å²) in [6.07, 6.45) is 25.5. The van der Waals surface area contributed by atoms with Gasteiger partial charge in [0.05, 0.1) is 5.70 Å². The lowest BCUT2D eigenvalue weighted by Gasteiger charge is -1.97. The first-order valence-corrected chi connectivity index (χ1v) is 8.05. The van der Waals surface area contributed by atoms with E-state index in [4.69, 9.17) is 0 Å². The molecule has 0 saturated carbocycles. The van der Waals surface area contributed by atoms with Crippen molar-refractivity contribution in [2.24, 2.45) is 4.99 Å². The van der Waals surface area contributed by atoms with Crippen LogP contribution in [0.15, 0.2) is 102 Å². The van der Waals surface area contributed by atoms with E-state index in [9.17, 15) is 0 Å². The first-order valence-electron chi connectivity index (χ1n) is 8.05. The Hall–Kier alpha value is -2.41. The Morgan fingerprint density at radius 2 is 1.70 bits per heavy atom. The van der Waals surface area contributed by atoms with Crippen molar-refractivity contribution in [3.63, 3.8) is 0 Å². The Balaban J connectivity index is 4.94. The summed E-state index contributed by atoms with van der Waals surface area (Å²) in [6, 6.07) is 0. The van der Waals surface area contributed by atoms with E-state index in [2.05, 4.69) is 38.1 Å². The molecule has 0 aromatic rings. The summed E-state index contributed by atoms with van der Waals surface area (Å²) >= 11 is 0. The maximum absolute atomic E-state index is 4.45. The van der Waals surface area contributed by atoms with E-state index in [1.807, 2.05) is 67.7 Å². The zero-order valence-electron chi connectivity index (χ0n) is 14.7. The number of rotatable bonds is 10. The van der Waals surface area contributed by atoms with Crippen LogP contribution in [0, 0.1) is 0 Å². The van der Waals surface area contributed by atoms with Crippen LogP contribution < -0.4 is 0 Å². The molecule has 0 aromatic heterocycles. The molecule has 0 radical (unpaired) electrons. The third-order valence-corrected chi connectivity index (χ3v) is 2.79. The van der Waals surface area contributed by atoms with Gasteiger partial charge < -0.3 is 0 Å². The predicted molar refractivity (Wildman–Crippen MR) is 107 cm³/mol. The van der Waals surface area contributed by atoms with Crippen LogP contribution in [0.1, 0.15) is 33.6 Å². The van der Waals surface area contributed by atoms with Crippen molar-refractivity contribution in [1.82, 2.24) is 0 Å². The number of hydrogen-bond acceptors (Lipinski definition) is 1. The summed E-state index contributed by atoms with van der Waals surface area (Å²) in [7, 11) is 0. The lowest BCUT2D eigenvalue weighted by atomic mass is 10.1. The van der Waals surface area contributed by atoms with E-state index >= 15 is 0 Å². The van der Waals surface area contributed by atoms with E-state index in [0.717, 1.165) is 29.7 Å². The lowest BCUT2D eigenvalue weighted by Crippen LogP contribution is -1.79. The fourth-order valence-electron chi connectivity index (χ4n) is 1.44. The van der Waals surface area contributed by atoms with Crippen molar-refractivity contribution in [1.29, 1.82) is 0 Å². The molecule has 0 N–H and O–H groups in total. The second kappa shape index (κ2) is 14.5. The van der Waals surface area contributed by atoms with Crippen molar-refractivity contribution in [2.45, 2.75) is 33.6 Å². The quantitative estimate of drug-likeness (QED) is 0.315. The fraction of sp³-hybridized carbons (Fsp3) is 0.227. The molecule has 0 saturated heterocycles. The van der Waals surface area contributed by atoms with Crippen LogP contribution in [-0.4, -0.2) is 6.21 Å². The molecule has 0 spiro atoms. The van der Waals surface area contributed by atoms with E-state index in [1.54, 1.807) is 6.21 Å². The Morgan fingerprint density at radius 3 is 2.35 bits per heavy atom. The molecule has 1 nitrogen and oxygen atoms in total. The van der Waals surface area contributed by atoms with E-state index in [1.165, 1.54) is 0 Å². The third-order valence-electron chi connectivity index (χ3n) is 2.79. The third kappa shape index (κ3) is 13.0. The average molecular weight is 307 g/mol. The number of allylic oxidation sites excluding steroid dienone is 13. The molecule has 0 aliphatic rings. The van der Waals surface area contributed by atoms with Gasteiger partial charge in [0.25, 0.3) is 0 Å². The normalized spacial score (nSPS) is 13.8. The molecule has 0 rings (SSSR count). The molecule has 0 aliphatic carbocycles. The van der Waals surface area contributed by atoms with Crippen LogP contribution in [0.5, 0.6) is 0 Å². The summed E-state index contributed by atoms with van der Waals surface area (Å²) in [6.45, 7) is 14.2. The highest BCUT2D eigenvalue weighted by molar-refractivity contribution is 5.73. The van der Waals surface area contributed by atoms with Crippen molar-refractivity contribution in [3.8, 4) is 0 Å². The van der Waals surface area contributed by atoms with Gasteiger partial charge >= 0.3 is 0 Å². The molecular weight excluding hydrogens is 278 g/mol. The van der Waals surface area contributed by atoms with Gasteiger partial charge in [0.15, 0.2) is 0 Å². The summed E-state index contributed by atoms with van der Waals surface area (Å²) in [5.74, 6) is 0. The molecule has 0 aliphatic heterocycles.